The molecule has 0 radical (unpaired) electrons. The van der Waals surface area contributed by atoms with Crippen LogP contribution in [-0.4, -0.2) is 8.42 Å². The van der Waals surface area contributed by atoms with E-state index in [9.17, 15) is 17.2 Å². The van der Waals surface area contributed by atoms with Crippen LogP contribution in [0.1, 0.15) is 5.56 Å². The lowest BCUT2D eigenvalue weighted by molar-refractivity contribution is 0.594. The quantitative estimate of drug-likeness (QED) is 0.902. The number of hydrogen-bond acceptors (Lipinski definition) is 2. The van der Waals surface area contributed by atoms with E-state index in [4.69, 9.17) is 0 Å². The minimum Gasteiger partial charge on any atom is -0.278 e. The molecule has 20 heavy (non-hydrogen) atoms. The van der Waals surface area contributed by atoms with Crippen LogP contribution >= 0.6 is 15.9 Å². The molecule has 0 heterocycles. The van der Waals surface area contributed by atoms with E-state index in [0.29, 0.717) is 5.56 Å². The predicted molar refractivity (Wildman–Crippen MR) is 76.0 cm³/mol. The minimum atomic E-state index is -3.94. The highest BCUT2D eigenvalue weighted by atomic mass is 79.9. The molecule has 0 aliphatic heterocycles. The maximum absolute atomic E-state index is 13.2. The number of sulfonamides is 1. The Balaban J connectivity index is 2.43. The zero-order valence-corrected chi connectivity index (χ0v) is 12.7. The highest BCUT2D eigenvalue weighted by Gasteiger charge is 2.19. The number of nitrogens with one attached hydrogen (secondary N) is 1. The summed E-state index contributed by atoms with van der Waals surface area (Å²) in [7, 11) is -3.94. The predicted octanol–water partition coefficient (Wildman–Crippen LogP) is 3.84. The number of hydrogen-bond donors (Lipinski definition) is 1. The van der Waals surface area contributed by atoms with E-state index in [1.54, 1.807) is 6.92 Å². The molecule has 0 aromatic heterocycles. The first kappa shape index (κ1) is 14.9. The second-order valence-corrected chi connectivity index (χ2v) is 6.64. The molecule has 0 aliphatic carbocycles. The Kier molecular flexibility index (Phi) is 4.10. The SMILES string of the molecule is Cc1ccc(F)cc1S(=O)(=O)Nc1ccc(F)cc1Br. The van der Waals surface area contributed by atoms with Gasteiger partial charge in [-0.25, -0.2) is 17.2 Å². The van der Waals surface area contributed by atoms with Gasteiger partial charge in [0.05, 0.1) is 10.6 Å². The van der Waals surface area contributed by atoms with Gasteiger partial charge in [0.15, 0.2) is 0 Å². The summed E-state index contributed by atoms with van der Waals surface area (Å²) in [6.45, 7) is 1.56. The Morgan fingerprint density at radius 1 is 1.05 bits per heavy atom. The average molecular weight is 362 g/mol. The van der Waals surface area contributed by atoms with Gasteiger partial charge in [-0.2, -0.15) is 0 Å². The van der Waals surface area contributed by atoms with Crippen LogP contribution in [0.15, 0.2) is 45.8 Å². The van der Waals surface area contributed by atoms with E-state index >= 15 is 0 Å². The molecule has 0 amide bonds. The van der Waals surface area contributed by atoms with E-state index in [1.165, 1.54) is 18.2 Å². The second kappa shape index (κ2) is 5.49. The molecule has 2 aromatic carbocycles. The number of anilines is 1. The molecule has 7 heteroatoms. The third kappa shape index (κ3) is 3.16. The monoisotopic (exact) mass is 361 g/mol. The lowest BCUT2D eigenvalue weighted by atomic mass is 10.2. The molecular formula is C13H10BrF2NO2S. The fourth-order valence-electron chi connectivity index (χ4n) is 1.64. The Labute approximate surface area is 123 Å². The molecule has 106 valence electrons. The minimum absolute atomic E-state index is 0.159. The lowest BCUT2D eigenvalue weighted by Gasteiger charge is -2.11. The zero-order valence-electron chi connectivity index (χ0n) is 10.3. The fraction of sp³-hybridized carbons (Fsp3) is 0.0769. The van der Waals surface area contributed by atoms with Crippen LogP contribution in [0.5, 0.6) is 0 Å². The second-order valence-electron chi connectivity index (χ2n) is 4.14. The van der Waals surface area contributed by atoms with Gasteiger partial charge in [0.1, 0.15) is 11.6 Å². The summed E-state index contributed by atoms with van der Waals surface area (Å²) in [5.41, 5.74) is 0.590. The zero-order chi connectivity index (χ0) is 14.9. The van der Waals surface area contributed by atoms with Gasteiger partial charge in [-0.1, -0.05) is 6.07 Å². The Bertz CT molecular complexity index is 763. The van der Waals surface area contributed by atoms with Crippen LogP contribution in [0.4, 0.5) is 14.5 Å². The number of aryl methyl sites for hydroxylation is 1. The molecule has 0 unspecified atom stereocenters. The van der Waals surface area contributed by atoms with Gasteiger partial charge in [0, 0.05) is 4.47 Å². The first-order valence-electron chi connectivity index (χ1n) is 5.53. The van der Waals surface area contributed by atoms with Crippen LogP contribution < -0.4 is 4.72 Å². The topological polar surface area (TPSA) is 46.2 Å². The molecule has 2 aromatic rings. The number of halogens is 3. The van der Waals surface area contributed by atoms with Crippen LogP contribution in [-0.2, 0) is 10.0 Å². The van der Waals surface area contributed by atoms with Crippen molar-refractivity contribution in [1.82, 2.24) is 0 Å². The fourth-order valence-corrected chi connectivity index (χ4v) is 3.55. The van der Waals surface area contributed by atoms with Gasteiger partial charge < -0.3 is 0 Å². The molecule has 0 saturated heterocycles. The van der Waals surface area contributed by atoms with Crippen molar-refractivity contribution < 1.29 is 17.2 Å². The van der Waals surface area contributed by atoms with E-state index in [1.807, 2.05) is 0 Å². The van der Waals surface area contributed by atoms with E-state index < -0.39 is 21.7 Å². The number of rotatable bonds is 3. The maximum Gasteiger partial charge on any atom is 0.262 e. The molecule has 1 N–H and O–H groups in total. The summed E-state index contributed by atoms with van der Waals surface area (Å²) in [4.78, 5) is -0.159. The van der Waals surface area contributed by atoms with Crippen molar-refractivity contribution in [2.24, 2.45) is 0 Å². The van der Waals surface area contributed by atoms with Crippen LogP contribution in [0.25, 0.3) is 0 Å². The van der Waals surface area contributed by atoms with Crippen molar-refractivity contribution in [3.63, 3.8) is 0 Å². The average Bonchev–Trinajstić information content (AvgIpc) is 2.35. The van der Waals surface area contributed by atoms with Crippen molar-refractivity contribution >= 4 is 31.6 Å². The Hall–Kier alpha value is -1.47. The van der Waals surface area contributed by atoms with Gasteiger partial charge in [-0.15, -0.1) is 0 Å². The van der Waals surface area contributed by atoms with Crippen molar-refractivity contribution in [2.75, 3.05) is 4.72 Å². The summed E-state index contributed by atoms with van der Waals surface area (Å²) < 4.78 is 53.1. The molecule has 0 fully saturated rings. The first-order valence-corrected chi connectivity index (χ1v) is 7.81. The molecule has 0 saturated carbocycles. The molecule has 0 spiro atoms. The van der Waals surface area contributed by atoms with E-state index in [-0.39, 0.29) is 15.1 Å². The van der Waals surface area contributed by atoms with Crippen molar-refractivity contribution in [3.05, 3.63) is 58.1 Å². The van der Waals surface area contributed by atoms with Gasteiger partial charge in [-0.3, -0.25) is 4.72 Å². The third-order valence-electron chi connectivity index (χ3n) is 2.62. The van der Waals surface area contributed by atoms with Gasteiger partial charge in [-0.05, 0) is 58.7 Å². The third-order valence-corrected chi connectivity index (χ3v) is 4.78. The first-order chi connectivity index (χ1) is 9.29. The maximum atomic E-state index is 13.2. The highest BCUT2D eigenvalue weighted by molar-refractivity contribution is 9.10. The van der Waals surface area contributed by atoms with E-state index in [0.717, 1.165) is 18.2 Å². The smallest absolute Gasteiger partial charge is 0.262 e. The molecule has 3 nitrogen and oxygen atoms in total. The molecule has 2 rings (SSSR count). The van der Waals surface area contributed by atoms with Crippen molar-refractivity contribution in [3.8, 4) is 0 Å². The van der Waals surface area contributed by atoms with Gasteiger partial charge >= 0.3 is 0 Å². The highest BCUT2D eigenvalue weighted by Crippen LogP contribution is 2.27. The Morgan fingerprint density at radius 3 is 2.30 bits per heavy atom. The van der Waals surface area contributed by atoms with Gasteiger partial charge in [0.25, 0.3) is 10.0 Å². The van der Waals surface area contributed by atoms with Crippen LogP contribution in [0, 0.1) is 18.6 Å². The summed E-state index contributed by atoms with van der Waals surface area (Å²) in [6.07, 6.45) is 0. The molecule has 0 aliphatic rings. The van der Waals surface area contributed by atoms with Crippen molar-refractivity contribution in [2.45, 2.75) is 11.8 Å². The molecular weight excluding hydrogens is 352 g/mol. The van der Waals surface area contributed by atoms with E-state index in [2.05, 4.69) is 20.7 Å². The summed E-state index contributed by atoms with van der Waals surface area (Å²) in [5, 5.41) is 0. The van der Waals surface area contributed by atoms with Crippen LogP contribution in [0.2, 0.25) is 0 Å². The lowest BCUT2D eigenvalue weighted by Crippen LogP contribution is -2.15. The molecule has 0 bridgehead atoms. The Morgan fingerprint density at radius 2 is 1.65 bits per heavy atom. The molecule has 0 atom stereocenters. The summed E-state index contributed by atoms with van der Waals surface area (Å²) >= 11 is 3.06. The summed E-state index contributed by atoms with van der Waals surface area (Å²) in [6, 6.07) is 7.05. The number of benzene rings is 2. The largest absolute Gasteiger partial charge is 0.278 e. The van der Waals surface area contributed by atoms with Gasteiger partial charge in [0.2, 0.25) is 0 Å². The standard InChI is InChI=1S/C13H10BrF2NO2S/c1-8-2-3-10(16)7-13(8)20(18,19)17-12-5-4-9(15)6-11(12)14/h2-7,17H,1H3. The van der Waals surface area contributed by atoms with Crippen LogP contribution in [0.3, 0.4) is 0 Å². The summed E-state index contributed by atoms with van der Waals surface area (Å²) in [5.74, 6) is -1.14. The normalized spacial score (nSPS) is 11.4. The van der Waals surface area contributed by atoms with Crippen molar-refractivity contribution in [1.29, 1.82) is 0 Å².